The van der Waals surface area contributed by atoms with Gasteiger partial charge in [0, 0.05) is 10.9 Å². The van der Waals surface area contributed by atoms with Crippen LogP contribution in [0, 0.1) is 6.92 Å². The van der Waals surface area contributed by atoms with Gasteiger partial charge in [0.1, 0.15) is 10.8 Å². The van der Waals surface area contributed by atoms with Gasteiger partial charge in [-0.3, -0.25) is 0 Å². The van der Waals surface area contributed by atoms with E-state index in [2.05, 4.69) is 14.7 Å². The molecule has 0 spiro atoms. The molecule has 2 heterocycles. The first-order valence-corrected chi connectivity index (χ1v) is 8.42. The standard InChI is InChI=1S/C17H13F3N2O3S/c1-9-7-10(25-13(9)15(23)24-2)8-26-14-11-5-3-4-6-12(11)21-16(22-14)17(18,19)20/h3-7H,8H2,1-2H3. The average Bonchev–Trinajstić information content (AvgIpc) is 2.98. The molecule has 0 radical (unpaired) electrons. The molecule has 0 unspecified atom stereocenters. The van der Waals surface area contributed by atoms with Crippen molar-refractivity contribution in [3.05, 3.63) is 53.2 Å². The molecule has 0 atom stereocenters. The van der Waals surface area contributed by atoms with Crippen LogP contribution in [-0.4, -0.2) is 23.0 Å². The van der Waals surface area contributed by atoms with Gasteiger partial charge >= 0.3 is 12.1 Å². The van der Waals surface area contributed by atoms with Crippen LogP contribution in [0.1, 0.15) is 27.7 Å². The van der Waals surface area contributed by atoms with Crippen molar-refractivity contribution in [2.75, 3.05) is 7.11 Å². The summed E-state index contributed by atoms with van der Waals surface area (Å²) >= 11 is 1.08. The number of furan rings is 1. The Morgan fingerprint density at radius 2 is 2.00 bits per heavy atom. The maximum atomic E-state index is 13.0. The van der Waals surface area contributed by atoms with Crippen molar-refractivity contribution in [2.45, 2.75) is 23.9 Å². The monoisotopic (exact) mass is 382 g/mol. The number of carbonyl (C=O) groups is 1. The fraction of sp³-hybridized carbons (Fsp3) is 0.235. The Morgan fingerprint density at radius 1 is 1.27 bits per heavy atom. The van der Waals surface area contributed by atoms with Gasteiger partial charge in [0.15, 0.2) is 0 Å². The van der Waals surface area contributed by atoms with E-state index in [1.165, 1.54) is 13.2 Å². The van der Waals surface area contributed by atoms with Crippen LogP contribution in [0.3, 0.4) is 0 Å². The van der Waals surface area contributed by atoms with Crippen LogP contribution in [0.5, 0.6) is 0 Å². The summed E-state index contributed by atoms with van der Waals surface area (Å²) in [7, 11) is 1.24. The van der Waals surface area contributed by atoms with Crippen molar-refractivity contribution >= 4 is 28.6 Å². The first-order chi connectivity index (χ1) is 12.3. The Balaban J connectivity index is 1.92. The number of aryl methyl sites for hydroxylation is 1. The number of aromatic nitrogens is 2. The third-order valence-corrected chi connectivity index (χ3v) is 4.53. The number of halogens is 3. The molecule has 3 aromatic rings. The molecule has 26 heavy (non-hydrogen) atoms. The van der Waals surface area contributed by atoms with Crippen LogP contribution in [-0.2, 0) is 16.7 Å². The molecule has 0 fully saturated rings. The second-order valence-corrected chi connectivity index (χ2v) is 6.34. The third-order valence-electron chi connectivity index (χ3n) is 3.51. The van der Waals surface area contributed by atoms with Crippen molar-refractivity contribution < 1.29 is 27.1 Å². The summed E-state index contributed by atoms with van der Waals surface area (Å²) < 4.78 is 49.2. The van der Waals surface area contributed by atoms with Gasteiger partial charge in [0.2, 0.25) is 11.6 Å². The van der Waals surface area contributed by atoms with Gasteiger partial charge in [0.25, 0.3) is 0 Å². The normalized spacial score (nSPS) is 11.7. The quantitative estimate of drug-likeness (QED) is 0.372. The second kappa shape index (κ2) is 6.99. The van der Waals surface area contributed by atoms with Crippen LogP contribution in [0.15, 0.2) is 39.8 Å². The molecular formula is C17H13F3N2O3S. The molecule has 2 aromatic heterocycles. The first-order valence-electron chi connectivity index (χ1n) is 7.44. The number of methoxy groups -OCH3 is 1. The molecule has 0 saturated carbocycles. The number of alkyl halides is 3. The lowest BCUT2D eigenvalue weighted by Gasteiger charge is -2.09. The fourth-order valence-electron chi connectivity index (χ4n) is 2.34. The highest BCUT2D eigenvalue weighted by Crippen LogP contribution is 2.33. The minimum absolute atomic E-state index is 0.0756. The molecule has 9 heteroatoms. The second-order valence-electron chi connectivity index (χ2n) is 5.37. The van der Waals surface area contributed by atoms with E-state index >= 15 is 0 Å². The number of esters is 1. The summed E-state index contributed by atoms with van der Waals surface area (Å²) in [4.78, 5) is 18.8. The van der Waals surface area contributed by atoms with E-state index < -0.39 is 18.0 Å². The fourth-order valence-corrected chi connectivity index (χ4v) is 3.24. The van der Waals surface area contributed by atoms with E-state index in [0.717, 1.165) is 11.8 Å². The number of rotatable bonds is 4. The Kier molecular flexibility index (Phi) is 4.90. The number of nitrogens with zero attached hydrogens (tertiary/aromatic N) is 2. The molecule has 0 N–H and O–H groups in total. The van der Waals surface area contributed by atoms with Crippen molar-refractivity contribution in [2.24, 2.45) is 0 Å². The molecule has 0 saturated heterocycles. The van der Waals surface area contributed by atoms with Crippen molar-refractivity contribution in [3.8, 4) is 0 Å². The van der Waals surface area contributed by atoms with Gasteiger partial charge in [0.05, 0.1) is 18.4 Å². The Hall–Kier alpha value is -2.55. The highest BCUT2D eigenvalue weighted by molar-refractivity contribution is 7.98. The molecule has 0 aliphatic rings. The molecule has 0 aliphatic carbocycles. The summed E-state index contributed by atoms with van der Waals surface area (Å²) in [6, 6.07) is 8.12. The molecule has 0 bridgehead atoms. The number of hydrogen-bond donors (Lipinski definition) is 0. The summed E-state index contributed by atoms with van der Waals surface area (Å²) in [6.45, 7) is 1.69. The minimum atomic E-state index is -4.64. The topological polar surface area (TPSA) is 65.2 Å². The number of hydrogen-bond acceptors (Lipinski definition) is 6. The zero-order chi connectivity index (χ0) is 18.9. The molecule has 5 nitrogen and oxygen atoms in total. The van der Waals surface area contributed by atoms with Gasteiger partial charge in [-0.25, -0.2) is 14.8 Å². The molecule has 1 aromatic carbocycles. The lowest BCUT2D eigenvalue weighted by atomic mass is 10.2. The van der Waals surface area contributed by atoms with E-state index in [-0.39, 0.29) is 22.1 Å². The van der Waals surface area contributed by atoms with Crippen molar-refractivity contribution in [1.82, 2.24) is 9.97 Å². The molecule has 3 rings (SSSR count). The van der Waals surface area contributed by atoms with Gasteiger partial charge in [-0.15, -0.1) is 0 Å². The smallest absolute Gasteiger partial charge is 0.451 e. The largest absolute Gasteiger partial charge is 0.463 e. The summed E-state index contributed by atoms with van der Waals surface area (Å²) in [5.41, 5.74) is 0.805. The average molecular weight is 382 g/mol. The molecular weight excluding hydrogens is 369 g/mol. The van der Waals surface area contributed by atoms with Crippen LogP contribution in [0.25, 0.3) is 10.9 Å². The van der Waals surface area contributed by atoms with E-state index in [9.17, 15) is 18.0 Å². The van der Waals surface area contributed by atoms with Crippen LogP contribution >= 0.6 is 11.8 Å². The lowest BCUT2D eigenvalue weighted by Crippen LogP contribution is -2.11. The predicted octanol–water partition coefficient (Wildman–Crippen LogP) is 4.63. The molecule has 136 valence electrons. The number of thioether (sulfide) groups is 1. The number of ether oxygens (including phenoxy) is 1. The van der Waals surface area contributed by atoms with Gasteiger partial charge in [-0.1, -0.05) is 30.0 Å². The van der Waals surface area contributed by atoms with Crippen LogP contribution in [0.2, 0.25) is 0 Å². The van der Waals surface area contributed by atoms with Gasteiger partial charge in [-0.05, 0) is 19.1 Å². The van der Waals surface area contributed by atoms with Crippen LogP contribution < -0.4 is 0 Å². The van der Waals surface area contributed by atoms with E-state index in [4.69, 9.17) is 4.42 Å². The predicted molar refractivity (Wildman–Crippen MR) is 88.9 cm³/mol. The zero-order valence-electron chi connectivity index (χ0n) is 13.8. The molecule has 0 aliphatic heterocycles. The van der Waals surface area contributed by atoms with Crippen LogP contribution in [0.4, 0.5) is 13.2 Å². The van der Waals surface area contributed by atoms with Crippen molar-refractivity contribution in [1.29, 1.82) is 0 Å². The Bertz CT molecular complexity index is 970. The number of carbonyl (C=O) groups excluding carboxylic acids is 1. The summed E-state index contributed by atoms with van der Waals surface area (Å²) in [5.74, 6) is -1.08. The highest BCUT2D eigenvalue weighted by atomic mass is 32.2. The number of fused-ring (bicyclic) bond motifs is 1. The first kappa shape index (κ1) is 18.2. The zero-order valence-corrected chi connectivity index (χ0v) is 14.6. The van der Waals surface area contributed by atoms with Gasteiger partial charge in [-0.2, -0.15) is 13.2 Å². The number of benzene rings is 1. The molecule has 0 amide bonds. The number of para-hydroxylation sites is 1. The summed E-state index contributed by atoms with van der Waals surface area (Å²) in [5, 5.41) is 0.707. The van der Waals surface area contributed by atoms with E-state index in [1.807, 2.05) is 0 Å². The third kappa shape index (κ3) is 3.67. The van der Waals surface area contributed by atoms with Crippen molar-refractivity contribution in [3.63, 3.8) is 0 Å². The SMILES string of the molecule is COC(=O)c1oc(CSc2nc(C(F)(F)F)nc3ccccc23)cc1C. The van der Waals surface area contributed by atoms with E-state index in [0.29, 0.717) is 16.7 Å². The maximum absolute atomic E-state index is 13.0. The lowest BCUT2D eigenvalue weighted by molar-refractivity contribution is -0.145. The van der Waals surface area contributed by atoms with Gasteiger partial charge < -0.3 is 9.15 Å². The summed E-state index contributed by atoms with van der Waals surface area (Å²) in [6.07, 6.45) is -4.64. The minimum Gasteiger partial charge on any atom is -0.463 e. The highest BCUT2D eigenvalue weighted by Gasteiger charge is 2.35. The maximum Gasteiger partial charge on any atom is 0.451 e. The van der Waals surface area contributed by atoms with E-state index in [1.54, 1.807) is 31.2 Å². The Labute approximate surface area is 150 Å². The Morgan fingerprint density at radius 3 is 2.69 bits per heavy atom.